The lowest BCUT2D eigenvalue weighted by Gasteiger charge is -2.31. The molecule has 0 amide bonds. The summed E-state index contributed by atoms with van der Waals surface area (Å²) < 4.78 is 40.3. The lowest BCUT2D eigenvalue weighted by atomic mass is 10.2. The minimum absolute atomic E-state index is 0.292. The summed E-state index contributed by atoms with van der Waals surface area (Å²) in [5.74, 6) is 0.782. The topological polar surface area (TPSA) is 73.7 Å². The second-order valence-electron chi connectivity index (χ2n) is 6.04. The van der Waals surface area contributed by atoms with Crippen LogP contribution in [0, 0.1) is 0 Å². The summed E-state index contributed by atoms with van der Waals surface area (Å²) in [4.78, 5) is 0.318. The number of benzene rings is 1. The van der Waals surface area contributed by atoms with Gasteiger partial charge in [-0.15, -0.1) is 0 Å². The summed E-state index contributed by atoms with van der Waals surface area (Å²) in [6.07, 6.45) is 4.03. The molecule has 0 saturated carbocycles. The number of nitrogens with zero attached hydrogens (tertiary/aromatic N) is 3. The van der Waals surface area contributed by atoms with Gasteiger partial charge in [0.15, 0.2) is 0 Å². The zero-order valence-corrected chi connectivity index (χ0v) is 14.2. The molecule has 2 aliphatic heterocycles. The first kappa shape index (κ1) is 15.6. The number of rotatable bonds is 3. The van der Waals surface area contributed by atoms with Gasteiger partial charge >= 0.3 is 0 Å². The second kappa shape index (κ2) is 5.87. The van der Waals surface area contributed by atoms with Crippen molar-refractivity contribution in [3.63, 3.8) is 0 Å². The van der Waals surface area contributed by atoms with Crippen LogP contribution < -0.4 is 4.74 Å². The molecule has 0 N–H and O–H groups in total. The van der Waals surface area contributed by atoms with Crippen LogP contribution in [0.15, 0.2) is 35.5 Å². The molecule has 1 aromatic carbocycles. The average molecular weight is 349 g/mol. The van der Waals surface area contributed by atoms with E-state index in [1.54, 1.807) is 29.1 Å². The van der Waals surface area contributed by atoms with Gasteiger partial charge in [-0.1, -0.05) is 0 Å². The fraction of sp³-hybridized carbons (Fsp3) is 0.438. The zero-order valence-electron chi connectivity index (χ0n) is 13.4. The van der Waals surface area contributed by atoms with E-state index in [-0.39, 0.29) is 6.10 Å². The summed E-state index contributed by atoms with van der Waals surface area (Å²) in [6, 6.07) is 5.09. The first-order valence-electron chi connectivity index (χ1n) is 7.90. The van der Waals surface area contributed by atoms with E-state index < -0.39 is 10.0 Å². The van der Waals surface area contributed by atoms with E-state index in [0.717, 1.165) is 23.3 Å². The third-order valence-electron chi connectivity index (χ3n) is 4.42. The number of sulfonamides is 1. The molecular formula is C16H19N3O4S. The van der Waals surface area contributed by atoms with Crippen LogP contribution >= 0.6 is 0 Å². The maximum atomic E-state index is 13.0. The largest absolute Gasteiger partial charge is 0.493 e. The van der Waals surface area contributed by atoms with Crippen molar-refractivity contribution in [2.24, 2.45) is 7.05 Å². The van der Waals surface area contributed by atoms with Crippen molar-refractivity contribution in [2.45, 2.75) is 17.4 Å². The van der Waals surface area contributed by atoms with Crippen molar-refractivity contribution in [1.29, 1.82) is 0 Å². The number of fused-ring (bicyclic) bond motifs is 1. The van der Waals surface area contributed by atoms with E-state index in [1.165, 1.54) is 4.31 Å². The standard InChI is InChI=1S/C16H19N3O4S/c1-18-10-13(9-17-18)16-11-19(5-7-23-16)24(20,21)14-2-3-15-12(8-14)4-6-22-15/h2-3,8-10,16H,4-7,11H2,1H3/t16-/m0/s1. The molecule has 1 aromatic heterocycles. The Morgan fingerprint density at radius 1 is 1.29 bits per heavy atom. The smallest absolute Gasteiger partial charge is 0.243 e. The van der Waals surface area contributed by atoms with Crippen molar-refractivity contribution in [2.75, 3.05) is 26.3 Å². The lowest BCUT2D eigenvalue weighted by molar-refractivity contribution is -0.00259. The Kier molecular flexibility index (Phi) is 3.82. The molecule has 8 heteroatoms. The molecule has 0 aliphatic carbocycles. The van der Waals surface area contributed by atoms with Crippen molar-refractivity contribution in [3.05, 3.63) is 41.7 Å². The predicted octanol–water partition coefficient (Wildman–Crippen LogP) is 1.12. The Bertz CT molecular complexity index is 862. The minimum atomic E-state index is -3.55. The average Bonchev–Trinajstić information content (AvgIpc) is 3.23. The fourth-order valence-corrected chi connectivity index (χ4v) is 4.60. The van der Waals surface area contributed by atoms with Crippen LogP contribution in [0.25, 0.3) is 0 Å². The summed E-state index contributed by atoms with van der Waals surface area (Å²) in [7, 11) is -1.72. The molecule has 7 nitrogen and oxygen atoms in total. The molecule has 0 spiro atoms. The van der Waals surface area contributed by atoms with Gasteiger partial charge in [0.2, 0.25) is 10.0 Å². The van der Waals surface area contributed by atoms with E-state index >= 15 is 0 Å². The molecular weight excluding hydrogens is 330 g/mol. The molecule has 1 fully saturated rings. The number of hydrogen-bond donors (Lipinski definition) is 0. The highest BCUT2D eigenvalue weighted by atomic mass is 32.2. The molecule has 1 saturated heterocycles. The van der Waals surface area contributed by atoms with Gasteiger partial charge in [0.1, 0.15) is 5.75 Å². The predicted molar refractivity (Wildman–Crippen MR) is 86.3 cm³/mol. The van der Waals surface area contributed by atoms with Crippen LogP contribution in [-0.2, 0) is 28.2 Å². The molecule has 128 valence electrons. The molecule has 4 rings (SSSR count). The molecule has 3 heterocycles. The maximum Gasteiger partial charge on any atom is 0.243 e. The quantitative estimate of drug-likeness (QED) is 0.830. The third-order valence-corrected chi connectivity index (χ3v) is 6.29. The monoisotopic (exact) mass is 349 g/mol. The summed E-state index contributed by atoms with van der Waals surface area (Å²) >= 11 is 0. The van der Waals surface area contributed by atoms with Gasteiger partial charge in [-0.25, -0.2) is 8.42 Å². The van der Waals surface area contributed by atoms with Gasteiger partial charge in [0, 0.05) is 38.3 Å². The SMILES string of the molecule is Cn1cc([C@@H]2CN(S(=O)(=O)c3ccc4c(c3)CCO4)CCO2)cn1. The Hall–Kier alpha value is -1.90. The van der Waals surface area contributed by atoms with Gasteiger partial charge in [-0.2, -0.15) is 9.40 Å². The number of morpholine rings is 1. The lowest BCUT2D eigenvalue weighted by Crippen LogP contribution is -2.42. The first-order valence-corrected chi connectivity index (χ1v) is 9.34. The van der Waals surface area contributed by atoms with Crippen LogP contribution in [0.4, 0.5) is 0 Å². The molecule has 0 unspecified atom stereocenters. The van der Waals surface area contributed by atoms with Crippen LogP contribution in [0.2, 0.25) is 0 Å². The Morgan fingerprint density at radius 2 is 2.17 bits per heavy atom. The molecule has 24 heavy (non-hydrogen) atoms. The van der Waals surface area contributed by atoms with Gasteiger partial charge < -0.3 is 9.47 Å². The molecule has 2 aromatic rings. The van der Waals surface area contributed by atoms with E-state index in [1.807, 2.05) is 13.2 Å². The minimum Gasteiger partial charge on any atom is -0.493 e. The van der Waals surface area contributed by atoms with Gasteiger partial charge in [0.25, 0.3) is 0 Å². The number of aromatic nitrogens is 2. The molecule has 0 bridgehead atoms. The molecule has 1 atom stereocenters. The molecule has 2 aliphatic rings. The Balaban J connectivity index is 1.59. The Labute approximate surface area is 140 Å². The van der Waals surface area contributed by atoms with Crippen LogP contribution in [0.3, 0.4) is 0 Å². The number of aryl methyl sites for hydroxylation is 1. The van der Waals surface area contributed by atoms with E-state index in [9.17, 15) is 8.42 Å². The van der Waals surface area contributed by atoms with Crippen molar-refractivity contribution < 1.29 is 17.9 Å². The van der Waals surface area contributed by atoms with Gasteiger partial charge in [-0.05, 0) is 23.8 Å². The molecule has 0 radical (unpaired) electrons. The fourth-order valence-electron chi connectivity index (χ4n) is 3.12. The summed E-state index contributed by atoms with van der Waals surface area (Å²) in [5, 5.41) is 4.13. The van der Waals surface area contributed by atoms with E-state index in [4.69, 9.17) is 9.47 Å². The number of ether oxygens (including phenoxy) is 2. The van der Waals surface area contributed by atoms with Gasteiger partial charge in [0.05, 0.1) is 30.4 Å². The van der Waals surface area contributed by atoms with Crippen LogP contribution in [-0.4, -0.2) is 48.8 Å². The highest BCUT2D eigenvalue weighted by Gasteiger charge is 2.32. The van der Waals surface area contributed by atoms with Crippen LogP contribution in [0.5, 0.6) is 5.75 Å². The third kappa shape index (κ3) is 2.70. The second-order valence-corrected chi connectivity index (χ2v) is 7.98. The normalized spacial score (nSPS) is 21.5. The van der Waals surface area contributed by atoms with E-state index in [2.05, 4.69) is 5.10 Å². The van der Waals surface area contributed by atoms with E-state index in [0.29, 0.717) is 31.2 Å². The van der Waals surface area contributed by atoms with Gasteiger partial charge in [-0.3, -0.25) is 4.68 Å². The highest BCUT2D eigenvalue weighted by Crippen LogP contribution is 2.31. The zero-order chi connectivity index (χ0) is 16.7. The summed E-state index contributed by atoms with van der Waals surface area (Å²) in [6.45, 7) is 1.63. The number of hydrogen-bond acceptors (Lipinski definition) is 5. The first-order chi connectivity index (χ1) is 11.5. The summed E-state index contributed by atoms with van der Waals surface area (Å²) in [5.41, 5.74) is 1.84. The van der Waals surface area contributed by atoms with Crippen molar-refractivity contribution in [3.8, 4) is 5.75 Å². The highest BCUT2D eigenvalue weighted by molar-refractivity contribution is 7.89. The maximum absolute atomic E-state index is 13.0. The van der Waals surface area contributed by atoms with Crippen molar-refractivity contribution in [1.82, 2.24) is 14.1 Å². The van der Waals surface area contributed by atoms with Crippen LogP contribution in [0.1, 0.15) is 17.2 Å². The Morgan fingerprint density at radius 3 is 2.96 bits per heavy atom. The van der Waals surface area contributed by atoms with Crippen molar-refractivity contribution >= 4 is 10.0 Å².